The average Bonchev–Trinajstić information content (AvgIpc) is 3.14. The van der Waals surface area contributed by atoms with E-state index in [-0.39, 0.29) is 46.2 Å². The molecule has 0 radical (unpaired) electrons. The molecular weight excluding hydrogens is 464 g/mol. The summed E-state index contributed by atoms with van der Waals surface area (Å²) in [6, 6.07) is 14.7. The number of ketones is 1. The lowest BCUT2D eigenvalue weighted by Crippen LogP contribution is -2.21. The van der Waals surface area contributed by atoms with Crippen molar-refractivity contribution in [3.05, 3.63) is 98.8 Å². The van der Waals surface area contributed by atoms with Crippen molar-refractivity contribution in [2.75, 3.05) is 0 Å². The molecule has 0 fully saturated rings. The van der Waals surface area contributed by atoms with Crippen molar-refractivity contribution in [1.82, 2.24) is 0 Å². The summed E-state index contributed by atoms with van der Waals surface area (Å²) < 4.78 is 41.3. The van der Waals surface area contributed by atoms with E-state index in [9.17, 15) is 28.5 Å². The smallest absolute Gasteiger partial charge is 0.387 e. The summed E-state index contributed by atoms with van der Waals surface area (Å²) >= 11 is 0. The first-order valence-electron chi connectivity index (χ1n) is 10.4. The van der Waals surface area contributed by atoms with Crippen LogP contribution in [0.1, 0.15) is 39.4 Å². The lowest BCUT2D eigenvalue weighted by Gasteiger charge is -2.26. The number of para-hydroxylation sites is 1. The quantitative estimate of drug-likeness (QED) is 0.162. The Balaban J connectivity index is 1.59. The van der Waals surface area contributed by atoms with Crippen LogP contribution in [0.5, 0.6) is 17.2 Å². The number of fused-ring (bicyclic) bond motifs is 3. The second kappa shape index (κ2) is 8.64. The van der Waals surface area contributed by atoms with E-state index in [2.05, 4.69) is 4.74 Å². The summed E-state index contributed by atoms with van der Waals surface area (Å²) in [4.78, 5) is 36.1. The minimum Gasteiger partial charge on any atom is -0.452 e. The van der Waals surface area contributed by atoms with E-state index in [0.717, 1.165) is 0 Å². The minimum atomic E-state index is -3.05. The molecule has 0 saturated carbocycles. The fraction of sp³-hybridized carbons (Fsp3) is 0.120. The van der Waals surface area contributed by atoms with Gasteiger partial charge in [-0.1, -0.05) is 30.3 Å². The summed E-state index contributed by atoms with van der Waals surface area (Å²) in [5.41, 5.74) is 1.13. The fourth-order valence-electron chi connectivity index (χ4n) is 4.19. The molecule has 2 aliphatic heterocycles. The van der Waals surface area contributed by atoms with Crippen LogP contribution in [0.25, 0.3) is 6.08 Å². The van der Waals surface area contributed by atoms with Crippen LogP contribution in [-0.4, -0.2) is 23.3 Å². The number of nitro groups is 1. The Kier molecular flexibility index (Phi) is 5.48. The molecule has 3 aromatic carbocycles. The highest BCUT2D eigenvalue weighted by Crippen LogP contribution is 2.49. The van der Waals surface area contributed by atoms with Crippen LogP contribution in [0.4, 0.5) is 14.5 Å². The molecule has 8 nitrogen and oxygen atoms in total. The first kappa shape index (κ1) is 22.2. The number of Topliss-reactive ketones (excluding diaryl/α,β-unsaturated/α-hetero) is 1. The molecule has 5 rings (SSSR count). The zero-order valence-electron chi connectivity index (χ0n) is 17.8. The Morgan fingerprint density at radius 3 is 2.63 bits per heavy atom. The van der Waals surface area contributed by atoms with E-state index in [4.69, 9.17) is 9.47 Å². The lowest BCUT2D eigenvalue weighted by atomic mass is 9.84. The average molecular weight is 479 g/mol. The van der Waals surface area contributed by atoms with E-state index >= 15 is 0 Å². The zero-order valence-corrected chi connectivity index (χ0v) is 17.8. The first-order chi connectivity index (χ1) is 16.8. The van der Waals surface area contributed by atoms with Crippen molar-refractivity contribution in [1.29, 1.82) is 0 Å². The molecule has 2 heterocycles. The molecule has 10 heteroatoms. The van der Waals surface area contributed by atoms with Crippen LogP contribution in [-0.2, 0) is 4.79 Å². The number of hydrogen-bond acceptors (Lipinski definition) is 7. The summed E-state index contributed by atoms with van der Waals surface area (Å²) in [6.45, 7) is -3.05. The molecule has 176 valence electrons. The van der Waals surface area contributed by atoms with Gasteiger partial charge in [-0.2, -0.15) is 8.78 Å². The van der Waals surface area contributed by atoms with Crippen LogP contribution in [0, 0.1) is 10.1 Å². The second-order valence-corrected chi connectivity index (χ2v) is 7.79. The number of halogens is 2. The molecular formula is C25H15F2NO7. The van der Waals surface area contributed by atoms with Gasteiger partial charge in [-0.15, -0.1) is 0 Å². The summed E-state index contributed by atoms with van der Waals surface area (Å²) in [5, 5.41) is 11.3. The zero-order chi connectivity index (χ0) is 24.7. The molecule has 0 spiro atoms. The number of rotatable bonds is 5. The Morgan fingerprint density at radius 1 is 1.06 bits per heavy atom. The van der Waals surface area contributed by atoms with Crippen LogP contribution in [0.2, 0.25) is 0 Å². The highest BCUT2D eigenvalue weighted by Gasteiger charge is 2.39. The number of alkyl halides is 2. The van der Waals surface area contributed by atoms with E-state index in [0.29, 0.717) is 11.1 Å². The number of esters is 1. The highest BCUT2D eigenvalue weighted by molar-refractivity contribution is 6.15. The Morgan fingerprint density at radius 2 is 1.86 bits per heavy atom. The number of hydrogen-bond donors (Lipinski definition) is 0. The number of nitro benzene ring substituents is 1. The van der Waals surface area contributed by atoms with E-state index in [1.54, 1.807) is 12.1 Å². The van der Waals surface area contributed by atoms with Gasteiger partial charge in [0.2, 0.25) is 5.78 Å². The van der Waals surface area contributed by atoms with Gasteiger partial charge in [0.25, 0.3) is 5.69 Å². The van der Waals surface area contributed by atoms with E-state index in [1.807, 2.05) is 0 Å². The maximum absolute atomic E-state index is 13.1. The first-order valence-corrected chi connectivity index (χ1v) is 10.4. The number of carbonyl (C=O) groups excluding carboxylic acids is 2. The Hall–Kier alpha value is -4.60. The Labute approximate surface area is 196 Å². The van der Waals surface area contributed by atoms with Crippen LogP contribution in [0.3, 0.4) is 0 Å². The van der Waals surface area contributed by atoms with Gasteiger partial charge in [-0.3, -0.25) is 19.7 Å². The third-order valence-electron chi connectivity index (χ3n) is 5.68. The Bertz CT molecular complexity index is 1420. The molecule has 1 unspecified atom stereocenters. The van der Waals surface area contributed by atoms with Gasteiger partial charge >= 0.3 is 12.6 Å². The third-order valence-corrected chi connectivity index (χ3v) is 5.68. The summed E-state index contributed by atoms with van der Waals surface area (Å²) in [6.07, 6.45) is 1.18. The van der Waals surface area contributed by atoms with Gasteiger partial charge in [0.15, 0.2) is 5.76 Å². The minimum absolute atomic E-state index is 0.119. The predicted octanol–water partition coefficient (Wildman–Crippen LogP) is 5.25. The molecule has 1 atom stereocenters. The monoisotopic (exact) mass is 479 g/mol. The maximum atomic E-state index is 13.1. The molecule has 2 aliphatic rings. The number of carbonyl (C=O) groups is 2. The number of benzene rings is 3. The lowest BCUT2D eigenvalue weighted by molar-refractivity contribution is -0.384. The maximum Gasteiger partial charge on any atom is 0.387 e. The van der Waals surface area contributed by atoms with Gasteiger partial charge in [0.1, 0.15) is 17.2 Å². The number of non-ortho nitro benzene ring substituents is 1. The van der Waals surface area contributed by atoms with Crippen molar-refractivity contribution in [2.45, 2.75) is 19.0 Å². The molecule has 0 amide bonds. The van der Waals surface area contributed by atoms with Gasteiger partial charge in [-0.25, -0.2) is 0 Å². The molecule has 0 aromatic heterocycles. The molecule has 0 bridgehead atoms. The molecule has 0 aliphatic carbocycles. The van der Waals surface area contributed by atoms with Crippen LogP contribution < -0.4 is 14.2 Å². The van der Waals surface area contributed by atoms with Gasteiger partial charge in [0.05, 0.1) is 16.9 Å². The van der Waals surface area contributed by atoms with Crippen molar-refractivity contribution in [2.24, 2.45) is 0 Å². The molecule has 3 aromatic rings. The van der Waals surface area contributed by atoms with Gasteiger partial charge in [-0.05, 0) is 29.8 Å². The normalized spacial score (nSPS) is 17.6. The summed E-state index contributed by atoms with van der Waals surface area (Å²) in [5.74, 6) is -1.64. The molecule has 0 saturated heterocycles. The van der Waals surface area contributed by atoms with Crippen molar-refractivity contribution in [3.8, 4) is 17.2 Å². The van der Waals surface area contributed by atoms with Crippen molar-refractivity contribution >= 4 is 23.5 Å². The molecule has 0 N–H and O–H groups in total. The largest absolute Gasteiger partial charge is 0.452 e. The van der Waals surface area contributed by atoms with Crippen LogP contribution in [0.15, 0.2) is 66.4 Å². The highest BCUT2D eigenvalue weighted by atomic mass is 19.3. The van der Waals surface area contributed by atoms with Gasteiger partial charge < -0.3 is 14.2 Å². The standard InChI is InChI=1S/C25H15F2NO7/c26-25(27)35-18-7-2-1-4-14(18)11-20-23(30)16-8-9-19-22(24(16)34-20)17(12-21(29)33-19)13-5-3-6-15(10-13)28(31)32/h1-11,17,25H,12H2/b20-11-. The SMILES string of the molecule is O=C1CC(c2cccc([N+](=O)[O-])c2)c2c(ccc3c2O/C(=C\c2ccccc2OC(F)F)C3=O)O1. The number of allylic oxidation sites excluding steroid dienone is 1. The third kappa shape index (κ3) is 4.10. The van der Waals surface area contributed by atoms with Crippen molar-refractivity contribution < 1.29 is 37.5 Å². The summed E-state index contributed by atoms with van der Waals surface area (Å²) in [7, 11) is 0. The number of ether oxygens (including phenoxy) is 3. The van der Waals surface area contributed by atoms with Crippen LogP contribution >= 0.6 is 0 Å². The van der Waals surface area contributed by atoms with E-state index < -0.39 is 29.2 Å². The van der Waals surface area contributed by atoms with Crippen molar-refractivity contribution in [3.63, 3.8) is 0 Å². The molecule has 35 heavy (non-hydrogen) atoms. The predicted molar refractivity (Wildman–Crippen MR) is 118 cm³/mol. The van der Waals surface area contributed by atoms with E-state index in [1.165, 1.54) is 54.6 Å². The number of nitrogens with zero attached hydrogens (tertiary/aromatic N) is 1. The second-order valence-electron chi connectivity index (χ2n) is 7.79. The van der Waals surface area contributed by atoms with Gasteiger partial charge in [0, 0.05) is 29.2 Å². The topological polar surface area (TPSA) is 105 Å². The fourth-order valence-corrected chi connectivity index (χ4v) is 4.19.